The number of fused-ring (bicyclic) bond motifs is 1. The van der Waals surface area contributed by atoms with E-state index in [1.165, 1.54) is 25.9 Å². The molecular weight excluding hydrogens is 499 g/mol. The normalized spacial score (nSPS) is 17.9. The minimum Gasteiger partial charge on any atom is -0.338 e. The molecule has 6 nitrogen and oxygen atoms in total. The number of nitrogens with one attached hydrogen (secondary N) is 3. The number of pyridine rings is 1. The number of piperidine rings is 1. The maximum Gasteiger partial charge on any atom is 0.138 e. The van der Waals surface area contributed by atoms with Crippen molar-refractivity contribution in [1.29, 1.82) is 0 Å². The van der Waals surface area contributed by atoms with Crippen molar-refractivity contribution in [3.05, 3.63) is 70.6 Å². The molecule has 2 saturated heterocycles. The van der Waals surface area contributed by atoms with Crippen molar-refractivity contribution >= 4 is 23.2 Å². The largest absolute Gasteiger partial charge is 0.338 e. The maximum absolute atomic E-state index is 14.8. The number of benzene rings is 1. The highest BCUT2D eigenvalue weighted by Gasteiger charge is 2.17. The van der Waals surface area contributed by atoms with E-state index >= 15 is 0 Å². The third-order valence-corrected chi connectivity index (χ3v) is 8.51. The van der Waals surface area contributed by atoms with Gasteiger partial charge in [-0.1, -0.05) is 24.3 Å². The van der Waals surface area contributed by atoms with Gasteiger partial charge in [-0.3, -0.25) is 5.10 Å². The molecule has 0 radical (unpaired) electrons. The van der Waals surface area contributed by atoms with Crippen molar-refractivity contribution in [3.8, 4) is 22.5 Å². The lowest BCUT2D eigenvalue weighted by Gasteiger charge is -2.22. The average Bonchev–Trinajstić information content (AvgIpc) is 3.73. The summed E-state index contributed by atoms with van der Waals surface area (Å²) in [5.41, 5.74) is 6.51. The Morgan fingerprint density at radius 1 is 1.15 bits per heavy atom. The van der Waals surface area contributed by atoms with Crippen molar-refractivity contribution in [2.24, 2.45) is 5.92 Å². The molecule has 0 saturated carbocycles. The van der Waals surface area contributed by atoms with Gasteiger partial charge >= 0.3 is 0 Å². The van der Waals surface area contributed by atoms with Gasteiger partial charge < -0.3 is 15.2 Å². The highest BCUT2D eigenvalue weighted by Crippen LogP contribution is 2.31. The lowest BCUT2D eigenvalue weighted by atomic mass is 9.90. The number of rotatable bonds is 8. The van der Waals surface area contributed by atoms with Crippen molar-refractivity contribution in [2.75, 3.05) is 32.7 Å². The van der Waals surface area contributed by atoms with Crippen LogP contribution in [0.1, 0.15) is 44.6 Å². The standard InChI is InChI=1S/C33H39FN6/c1-3-30-29(17-22(2)24-8-11-35-12-9-24)32(39-38-30)31-21-28-27(10-13-36-33(28)37-31)25-18-23(19-26(34)20-25)7-6-16-40-14-4-5-15-40/h3,10,13,17-21,24,35,38H,2,4-9,11-12,14-16H2,1H3,(H,36,37)/b29-17+,30-3+. The molecule has 0 spiro atoms. The molecule has 5 heterocycles. The third-order valence-electron chi connectivity index (χ3n) is 8.51. The first-order chi connectivity index (χ1) is 19.6. The van der Waals surface area contributed by atoms with Crippen LogP contribution in [-0.2, 0) is 6.42 Å². The molecule has 40 heavy (non-hydrogen) atoms. The topological polar surface area (TPSA) is 72.6 Å². The zero-order valence-electron chi connectivity index (χ0n) is 23.4. The molecule has 0 atom stereocenters. The van der Waals surface area contributed by atoms with Crippen LogP contribution < -0.4 is 15.9 Å². The number of hydrogen-bond acceptors (Lipinski definition) is 4. The molecule has 7 heteroatoms. The summed E-state index contributed by atoms with van der Waals surface area (Å²) in [5, 5.41) is 14.3. The number of H-pyrrole nitrogens is 2. The van der Waals surface area contributed by atoms with Gasteiger partial charge in [-0.15, -0.1) is 0 Å². The summed E-state index contributed by atoms with van der Waals surface area (Å²) in [4.78, 5) is 10.6. The Morgan fingerprint density at radius 3 is 2.77 bits per heavy atom. The summed E-state index contributed by atoms with van der Waals surface area (Å²) in [7, 11) is 0. The van der Waals surface area contributed by atoms with Crippen LogP contribution in [0.3, 0.4) is 0 Å². The average molecular weight is 539 g/mol. The first-order valence-corrected chi connectivity index (χ1v) is 14.7. The molecule has 3 aromatic heterocycles. The second-order valence-electron chi connectivity index (χ2n) is 11.2. The van der Waals surface area contributed by atoms with Crippen molar-refractivity contribution in [3.63, 3.8) is 0 Å². The van der Waals surface area contributed by atoms with Crippen LogP contribution in [0.5, 0.6) is 0 Å². The second kappa shape index (κ2) is 11.9. The first-order valence-electron chi connectivity index (χ1n) is 14.7. The Labute approximate surface area is 235 Å². The number of aromatic amines is 2. The van der Waals surface area contributed by atoms with E-state index in [0.717, 1.165) is 101 Å². The van der Waals surface area contributed by atoms with E-state index in [1.54, 1.807) is 18.3 Å². The van der Waals surface area contributed by atoms with Crippen molar-refractivity contribution < 1.29 is 4.39 Å². The highest BCUT2D eigenvalue weighted by atomic mass is 19.1. The fraction of sp³-hybridized carbons (Fsp3) is 0.394. The fourth-order valence-electron chi connectivity index (χ4n) is 6.30. The summed E-state index contributed by atoms with van der Waals surface area (Å²) < 4.78 is 14.8. The number of nitrogens with zero attached hydrogens (tertiary/aromatic N) is 3. The Balaban J connectivity index is 1.33. The van der Waals surface area contributed by atoms with Crippen LogP contribution in [0.25, 0.3) is 45.7 Å². The van der Waals surface area contributed by atoms with Gasteiger partial charge in [-0.2, -0.15) is 5.10 Å². The van der Waals surface area contributed by atoms with E-state index in [4.69, 9.17) is 0 Å². The second-order valence-corrected chi connectivity index (χ2v) is 11.2. The predicted octanol–water partition coefficient (Wildman–Crippen LogP) is 4.92. The van der Waals surface area contributed by atoms with Gasteiger partial charge in [-0.25, -0.2) is 9.37 Å². The van der Waals surface area contributed by atoms with E-state index in [0.29, 0.717) is 5.92 Å². The van der Waals surface area contributed by atoms with Gasteiger partial charge in [0.1, 0.15) is 17.2 Å². The van der Waals surface area contributed by atoms with Crippen LogP contribution in [0, 0.1) is 11.7 Å². The molecule has 3 N–H and O–H groups in total. The van der Waals surface area contributed by atoms with E-state index in [9.17, 15) is 4.39 Å². The maximum atomic E-state index is 14.8. The molecule has 4 aromatic rings. The van der Waals surface area contributed by atoms with Crippen LogP contribution in [-0.4, -0.2) is 57.8 Å². The summed E-state index contributed by atoms with van der Waals surface area (Å²) in [6.07, 6.45) is 12.7. The van der Waals surface area contributed by atoms with Crippen molar-refractivity contribution in [1.82, 2.24) is 30.4 Å². The van der Waals surface area contributed by atoms with Crippen LogP contribution in [0.4, 0.5) is 4.39 Å². The van der Waals surface area contributed by atoms with Gasteiger partial charge in [0, 0.05) is 16.8 Å². The zero-order valence-corrected chi connectivity index (χ0v) is 23.4. The summed E-state index contributed by atoms with van der Waals surface area (Å²) >= 11 is 0. The Morgan fingerprint density at radius 2 is 1.98 bits per heavy atom. The van der Waals surface area contributed by atoms with Crippen molar-refractivity contribution in [2.45, 2.75) is 45.4 Å². The zero-order chi connectivity index (χ0) is 27.5. The smallest absolute Gasteiger partial charge is 0.138 e. The Kier molecular flexibility index (Phi) is 7.93. The molecule has 2 aliphatic heterocycles. The molecule has 208 valence electrons. The summed E-state index contributed by atoms with van der Waals surface area (Å²) in [6, 6.07) is 9.51. The summed E-state index contributed by atoms with van der Waals surface area (Å²) in [6.45, 7) is 12.0. The monoisotopic (exact) mass is 538 g/mol. The molecular formula is C33H39FN6. The molecule has 0 amide bonds. The van der Waals surface area contributed by atoms with E-state index < -0.39 is 0 Å². The van der Waals surface area contributed by atoms with E-state index in [1.807, 2.05) is 19.1 Å². The number of hydrogen-bond donors (Lipinski definition) is 3. The number of likely N-dealkylation sites (tertiary alicyclic amines) is 1. The van der Waals surface area contributed by atoms with Gasteiger partial charge in [0.2, 0.25) is 0 Å². The van der Waals surface area contributed by atoms with Gasteiger partial charge in [0.25, 0.3) is 0 Å². The molecule has 6 rings (SSSR count). The van der Waals surface area contributed by atoms with Gasteiger partial charge in [-0.05, 0) is 131 Å². The summed E-state index contributed by atoms with van der Waals surface area (Å²) in [5.74, 6) is 0.278. The minimum atomic E-state index is -0.196. The number of aromatic nitrogens is 4. The number of halogens is 1. The molecule has 0 unspecified atom stereocenters. The number of allylic oxidation sites excluding steroid dienone is 1. The predicted molar refractivity (Wildman–Crippen MR) is 162 cm³/mol. The van der Waals surface area contributed by atoms with Crippen LogP contribution in [0.2, 0.25) is 0 Å². The SMILES string of the molecule is C=C(/C=c1/c(-c2cc3c(-c4cc(F)cc(CCCN5CCCC5)c4)ccnc3[nH]2)n[nH]/c1=C/C)C1CCNCC1. The van der Waals surface area contributed by atoms with E-state index in [-0.39, 0.29) is 5.82 Å². The molecule has 0 bridgehead atoms. The van der Waals surface area contributed by atoms with Gasteiger partial charge in [0.05, 0.1) is 11.0 Å². The van der Waals surface area contributed by atoms with Crippen LogP contribution in [0.15, 0.2) is 48.7 Å². The molecule has 1 aromatic carbocycles. The minimum absolute atomic E-state index is 0.196. The van der Waals surface area contributed by atoms with E-state index in [2.05, 4.69) is 55.2 Å². The molecule has 0 aliphatic carbocycles. The Bertz CT molecular complexity index is 1620. The molecule has 2 fully saturated rings. The fourth-order valence-corrected chi connectivity index (χ4v) is 6.30. The molecule has 2 aliphatic rings. The highest BCUT2D eigenvalue weighted by molar-refractivity contribution is 5.96. The first kappa shape index (κ1) is 26.7. The lowest BCUT2D eigenvalue weighted by Crippen LogP contribution is -2.29. The third kappa shape index (κ3) is 5.67. The lowest BCUT2D eigenvalue weighted by molar-refractivity contribution is 0.334. The van der Waals surface area contributed by atoms with Crippen LogP contribution >= 0.6 is 0 Å². The van der Waals surface area contributed by atoms with Gasteiger partial charge in [0.15, 0.2) is 0 Å². The Hall–Kier alpha value is -3.55. The quantitative estimate of drug-likeness (QED) is 0.298. The number of aryl methyl sites for hydroxylation is 1.